The third kappa shape index (κ3) is 3.79. The highest BCUT2D eigenvalue weighted by Crippen LogP contribution is 2.65. The number of nitrogens with zero attached hydrogens (tertiary/aromatic N) is 4. The molecule has 1 aromatic carbocycles. The van der Waals surface area contributed by atoms with Crippen LogP contribution in [0.4, 0.5) is 34.8 Å². The fourth-order valence-electron chi connectivity index (χ4n) is 5.21. The molecule has 6 rings (SSSR count). The summed E-state index contributed by atoms with van der Waals surface area (Å²) in [6.45, 7) is 1.09. The van der Waals surface area contributed by atoms with Gasteiger partial charge in [0.15, 0.2) is 0 Å². The van der Waals surface area contributed by atoms with Crippen LogP contribution in [0.3, 0.4) is 0 Å². The summed E-state index contributed by atoms with van der Waals surface area (Å²) in [5, 5.41) is 2.40. The van der Waals surface area contributed by atoms with Crippen molar-refractivity contribution in [2.24, 2.45) is 5.41 Å². The second kappa shape index (κ2) is 8.39. The number of halogens is 5. The van der Waals surface area contributed by atoms with Gasteiger partial charge in [0, 0.05) is 43.0 Å². The Morgan fingerprint density at radius 3 is 2.63 bits per heavy atom. The molecule has 1 spiro atoms. The lowest BCUT2D eigenvalue weighted by Gasteiger charge is -2.41. The predicted molar refractivity (Wildman–Crippen MR) is 132 cm³/mol. The Kier molecular flexibility index (Phi) is 5.43. The van der Waals surface area contributed by atoms with E-state index in [0.29, 0.717) is 11.3 Å². The lowest BCUT2D eigenvalue weighted by molar-refractivity contribution is -0.122. The molecular formula is C26H20ClF4N5O2. The standard InChI is InChI=1S/C26H20ClF4N5O2/c1-13-22-15(3-2-6-32-22)21-18(8-19(34-23(21)29)35-11-25(12-35)10-26(25,30)31)36(24(13)38)9-20(37)33-14-4-5-16(27)17(28)7-14/h2-8,13H,9-12H2,1H3,(H,33,37)/t13-/m0/s1. The highest BCUT2D eigenvalue weighted by atomic mass is 35.5. The van der Waals surface area contributed by atoms with E-state index in [4.69, 9.17) is 11.6 Å². The first-order chi connectivity index (χ1) is 18.0. The Morgan fingerprint density at radius 1 is 1.21 bits per heavy atom. The number of fused-ring (bicyclic) bond motifs is 3. The van der Waals surface area contributed by atoms with Crippen molar-refractivity contribution in [2.75, 3.05) is 34.8 Å². The zero-order valence-electron chi connectivity index (χ0n) is 19.9. The van der Waals surface area contributed by atoms with Gasteiger partial charge in [-0.1, -0.05) is 17.7 Å². The number of amides is 2. The van der Waals surface area contributed by atoms with E-state index >= 15 is 4.39 Å². The highest BCUT2D eigenvalue weighted by Gasteiger charge is 2.76. The second-order valence-electron chi connectivity index (χ2n) is 9.94. The Morgan fingerprint density at radius 2 is 1.95 bits per heavy atom. The van der Waals surface area contributed by atoms with Crippen molar-refractivity contribution in [1.82, 2.24) is 9.97 Å². The van der Waals surface area contributed by atoms with Gasteiger partial charge in [-0.3, -0.25) is 14.6 Å². The smallest absolute Gasteiger partial charge is 0.258 e. The number of pyridine rings is 2. The molecule has 1 N–H and O–H groups in total. The van der Waals surface area contributed by atoms with E-state index in [2.05, 4.69) is 15.3 Å². The Bertz CT molecular complexity index is 1510. The summed E-state index contributed by atoms with van der Waals surface area (Å²) in [5.74, 6) is -6.34. The van der Waals surface area contributed by atoms with Gasteiger partial charge in [0.05, 0.1) is 33.3 Å². The van der Waals surface area contributed by atoms with E-state index in [0.717, 1.165) is 11.0 Å². The van der Waals surface area contributed by atoms with E-state index in [-0.39, 0.29) is 47.3 Å². The number of benzene rings is 1. The van der Waals surface area contributed by atoms with Gasteiger partial charge in [0.2, 0.25) is 17.8 Å². The maximum Gasteiger partial charge on any atom is 0.258 e. The quantitative estimate of drug-likeness (QED) is 0.368. The van der Waals surface area contributed by atoms with Crippen LogP contribution < -0.4 is 15.1 Å². The van der Waals surface area contributed by atoms with E-state index in [1.54, 1.807) is 19.1 Å². The molecule has 196 valence electrons. The number of anilines is 3. The first-order valence-corrected chi connectivity index (χ1v) is 12.2. The van der Waals surface area contributed by atoms with Crippen LogP contribution in [0.2, 0.25) is 5.02 Å². The fraction of sp³-hybridized carbons (Fsp3) is 0.308. The van der Waals surface area contributed by atoms with Crippen LogP contribution in [-0.4, -0.2) is 47.3 Å². The fourth-order valence-corrected chi connectivity index (χ4v) is 5.33. The molecule has 12 heteroatoms. The molecule has 0 bridgehead atoms. The number of carbonyl (C=O) groups is 2. The Balaban J connectivity index is 1.38. The van der Waals surface area contributed by atoms with Crippen LogP contribution in [0.1, 0.15) is 25.0 Å². The topological polar surface area (TPSA) is 78.4 Å². The monoisotopic (exact) mass is 545 g/mol. The molecule has 0 unspecified atom stereocenters. The number of hydrogen-bond acceptors (Lipinski definition) is 5. The third-order valence-corrected chi connectivity index (χ3v) is 7.72. The van der Waals surface area contributed by atoms with Crippen molar-refractivity contribution < 1.29 is 27.2 Å². The molecule has 0 radical (unpaired) electrons. The maximum absolute atomic E-state index is 15.7. The minimum Gasteiger partial charge on any atom is -0.355 e. The molecule has 1 aliphatic carbocycles. The second-order valence-corrected chi connectivity index (χ2v) is 10.3. The van der Waals surface area contributed by atoms with Crippen molar-refractivity contribution in [2.45, 2.75) is 25.2 Å². The summed E-state index contributed by atoms with van der Waals surface area (Å²) in [5.41, 5.74) is -0.294. The maximum atomic E-state index is 15.7. The summed E-state index contributed by atoms with van der Waals surface area (Å²) >= 11 is 5.70. The molecule has 38 heavy (non-hydrogen) atoms. The molecule has 2 fully saturated rings. The Labute approximate surface area is 219 Å². The zero-order valence-corrected chi connectivity index (χ0v) is 20.7. The predicted octanol–water partition coefficient (Wildman–Crippen LogP) is 5.01. The number of alkyl halides is 2. The number of aromatic nitrogens is 2. The van der Waals surface area contributed by atoms with Crippen LogP contribution >= 0.6 is 11.6 Å². The number of hydrogen-bond donors (Lipinski definition) is 1. The van der Waals surface area contributed by atoms with E-state index < -0.39 is 47.4 Å². The van der Waals surface area contributed by atoms with Crippen molar-refractivity contribution >= 4 is 40.6 Å². The van der Waals surface area contributed by atoms with E-state index in [9.17, 15) is 22.8 Å². The summed E-state index contributed by atoms with van der Waals surface area (Å²) in [7, 11) is 0. The molecule has 2 amide bonds. The normalized spacial score (nSPS) is 20.4. The van der Waals surface area contributed by atoms with Crippen LogP contribution in [0.15, 0.2) is 42.6 Å². The first-order valence-electron chi connectivity index (χ1n) is 11.8. The summed E-state index contributed by atoms with van der Waals surface area (Å²) < 4.78 is 57.0. The molecule has 1 saturated heterocycles. The van der Waals surface area contributed by atoms with Crippen LogP contribution in [-0.2, 0) is 9.59 Å². The molecule has 4 heterocycles. The molecule has 7 nitrogen and oxygen atoms in total. The summed E-state index contributed by atoms with van der Waals surface area (Å²) in [6, 6.07) is 8.36. The lowest BCUT2D eigenvalue weighted by atomic mass is 9.95. The van der Waals surface area contributed by atoms with Gasteiger partial charge in [-0.25, -0.2) is 18.2 Å². The van der Waals surface area contributed by atoms with E-state index in [1.807, 2.05) is 0 Å². The highest BCUT2D eigenvalue weighted by molar-refractivity contribution is 6.30. The van der Waals surface area contributed by atoms with Gasteiger partial charge in [-0.15, -0.1) is 0 Å². The molecular weight excluding hydrogens is 526 g/mol. The van der Waals surface area contributed by atoms with Gasteiger partial charge in [-0.2, -0.15) is 4.39 Å². The number of carbonyl (C=O) groups excluding carboxylic acids is 2. The average molecular weight is 546 g/mol. The van der Waals surface area contributed by atoms with Gasteiger partial charge < -0.3 is 15.1 Å². The minimum atomic E-state index is -2.75. The lowest BCUT2D eigenvalue weighted by Crippen LogP contribution is -2.52. The van der Waals surface area contributed by atoms with Crippen molar-refractivity contribution in [3.63, 3.8) is 0 Å². The zero-order chi connectivity index (χ0) is 27.0. The van der Waals surface area contributed by atoms with E-state index in [1.165, 1.54) is 29.3 Å². The van der Waals surface area contributed by atoms with Crippen molar-refractivity contribution in [3.05, 3.63) is 65.1 Å². The third-order valence-electron chi connectivity index (χ3n) is 7.41. The SMILES string of the molecule is C[C@@H]1C(=O)N(CC(=O)Nc2ccc(Cl)c(F)c2)c2cc(N3CC4(C3)CC4(F)F)nc(F)c2-c2cccnc21. The molecule has 2 aromatic heterocycles. The van der Waals surface area contributed by atoms with Gasteiger partial charge >= 0.3 is 0 Å². The molecule has 1 atom stereocenters. The first kappa shape index (κ1) is 24.6. The van der Waals surface area contributed by atoms with Crippen molar-refractivity contribution in [3.8, 4) is 11.1 Å². The van der Waals surface area contributed by atoms with Crippen LogP contribution in [0.25, 0.3) is 11.1 Å². The van der Waals surface area contributed by atoms with Crippen LogP contribution in [0, 0.1) is 17.2 Å². The van der Waals surface area contributed by atoms with Crippen LogP contribution in [0.5, 0.6) is 0 Å². The Hall–Kier alpha value is -3.73. The number of rotatable bonds is 4. The van der Waals surface area contributed by atoms with Gasteiger partial charge in [-0.05, 0) is 31.2 Å². The average Bonchev–Trinajstić information content (AvgIpc) is 3.46. The van der Waals surface area contributed by atoms with Crippen molar-refractivity contribution in [1.29, 1.82) is 0 Å². The summed E-state index contributed by atoms with van der Waals surface area (Å²) in [6.07, 6.45) is 1.26. The minimum absolute atomic E-state index is 0.0103. The summed E-state index contributed by atoms with van der Waals surface area (Å²) in [4.78, 5) is 37.6. The number of nitrogens with one attached hydrogen (secondary N) is 1. The molecule has 2 aliphatic heterocycles. The molecule has 3 aliphatic rings. The largest absolute Gasteiger partial charge is 0.355 e. The van der Waals surface area contributed by atoms with Gasteiger partial charge in [0.25, 0.3) is 5.92 Å². The molecule has 1 saturated carbocycles. The molecule has 3 aromatic rings. The van der Waals surface area contributed by atoms with Gasteiger partial charge in [0.1, 0.15) is 18.2 Å².